The first kappa shape index (κ1) is 25.8. The molecule has 0 amide bonds. The molecule has 0 bridgehead atoms. The highest BCUT2D eigenvalue weighted by Crippen LogP contribution is 2.45. The predicted molar refractivity (Wildman–Crippen MR) is 161 cm³/mol. The molecule has 0 saturated heterocycles. The van der Waals surface area contributed by atoms with E-state index in [0.29, 0.717) is 11.8 Å². The molecule has 1 N–H and O–H groups in total. The maximum atomic E-state index is 4.00. The molecule has 0 aromatic heterocycles. The number of unbranched alkanes of at least 4 members (excludes halogenated alkanes) is 2. The van der Waals surface area contributed by atoms with Crippen LogP contribution in [0.1, 0.15) is 112 Å². The maximum Gasteiger partial charge on any atom is 0.0707 e. The van der Waals surface area contributed by atoms with Crippen molar-refractivity contribution in [1.82, 2.24) is 0 Å². The van der Waals surface area contributed by atoms with Gasteiger partial charge in [-0.05, 0) is 108 Å². The van der Waals surface area contributed by atoms with Gasteiger partial charge >= 0.3 is 0 Å². The highest BCUT2D eigenvalue weighted by Gasteiger charge is 2.30. The predicted octanol–water partition coefficient (Wildman–Crippen LogP) is 10.4. The summed E-state index contributed by atoms with van der Waals surface area (Å²) in [5.74, 6) is 1.32. The fourth-order valence-electron chi connectivity index (χ4n) is 6.52. The molecule has 0 saturated carbocycles. The lowest BCUT2D eigenvalue weighted by Gasteiger charge is -2.31. The fourth-order valence-corrected chi connectivity index (χ4v) is 6.52. The van der Waals surface area contributed by atoms with Crippen molar-refractivity contribution in [2.45, 2.75) is 97.9 Å². The zero-order valence-electron chi connectivity index (χ0n) is 23.7. The summed E-state index contributed by atoms with van der Waals surface area (Å²) >= 11 is 0. The van der Waals surface area contributed by atoms with Crippen molar-refractivity contribution in [1.29, 1.82) is 0 Å². The van der Waals surface area contributed by atoms with E-state index >= 15 is 0 Å². The van der Waals surface area contributed by atoms with Crippen molar-refractivity contribution in [2.75, 3.05) is 5.32 Å². The van der Waals surface area contributed by atoms with Gasteiger partial charge in [-0.3, -0.25) is 0 Å². The van der Waals surface area contributed by atoms with E-state index in [2.05, 4.69) is 101 Å². The third-order valence-electron chi connectivity index (χ3n) is 8.48. The number of rotatable bonds is 9. The first-order valence-electron chi connectivity index (χ1n) is 14.8. The number of fused-ring (bicyclic) bond motifs is 2. The molecule has 194 valence electrons. The Morgan fingerprint density at radius 2 is 1.70 bits per heavy atom. The SMILES string of the molecule is CCCCCc1cc2c(c(C3C=C(CC(C)C)c4cc(-c5ccc(C)cc5)ccc4N3)c1)C(CC)CC2. The average molecular weight is 492 g/mol. The Morgan fingerprint density at radius 3 is 2.43 bits per heavy atom. The van der Waals surface area contributed by atoms with Crippen LogP contribution in [0.2, 0.25) is 0 Å². The number of hydrogen-bond acceptors (Lipinski definition) is 1. The van der Waals surface area contributed by atoms with Crippen LogP contribution in [0.5, 0.6) is 0 Å². The van der Waals surface area contributed by atoms with E-state index < -0.39 is 0 Å². The van der Waals surface area contributed by atoms with Crippen LogP contribution >= 0.6 is 0 Å². The van der Waals surface area contributed by atoms with E-state index in [1.54, 1.807) is 22.3 Å². The molecule has 0 spiro atoms. The summed E-state index contributed by atoms with van der Waals surface area (Å²) in [4.78, 5) is 0. The van der Waals surface area contributed by atoms with E-state index in [-0.39, 0.29) is 6.04 Å². The van der Waals surface area contributed by atoms with Gasteiger partial charge in [-0.2, -0.15) is 0 Å². The van der Waals surface area contributed by atoms with Gasteiger partial charge in [0.05, 0.1) is 6.04 Å². The fraction of sp³-hybridized carbons (Fsp3) is 0.444. The second kappa shape index (κ2) is 11.3. The summed E-state index contributed by atoms with van der Waals surface area (Å²) in [7, 11) is 0. The standard InChI is InChI=1S/C36H45N/c1-6-8-9-10-26-20-30-16-15-27(7-2)36(30)33(21-26)35-23-31(19-24(3)4)32-22-29(17-18-34(32)37-35)28-13-11-25(5)12-14-28/h11-14,17-18,20-24,27,35,37H,6-10,15-16,19H2,1-5H3. The largest absolute Gasteiger partial charge is 0.374 e. The Morgan fingerprint density at radius 1 is 0.919 bits per heavy atom. The summed E-state index contributed by atoms with van der Waals surface area (Å²) in [6.07, 6.45) is 12.6. The zero-order chi connectivity index (χ0) is 25.9. The number of hydrogen-bond donors (Lipinski definition) is 1. The van der Waals surface area contributed by atoms with Crippen molar-refractivity contribution in [3.05, 3.63) is 94.1 Å². The lowest BCUT2D eigenvalue weighted by Crippen LogP contribution is -2.18. The minimum Gasteiger partial charge on any atom is -0.374 e. The summed E-state index contributed by atoms with van der Waals surface area (Å²) < 4.78 is 0. The highest BCUT2D eigenvalue weighted by atomic mass is 14.9. The molecular formula is C36H45N. The van der Waals surface area contributed by atoms with Crippen LogP contribution < -0.4 is 5.32 Å². The van der Waals surface area contributed by atoms with Gasteiger partial charge in [0.2, 0.25) is 0 Å². The van der Waals surface area contributed by atoms with Gasteiger partial charge in [0, 0.05) is 11.3 Å². The lowest BCUT2D eigenvalue weighted by atomic mass is 9.83. The maximum absolute atomic E-state index is 4.00. The van der Waals surface area contributed by atoms with Crippen LogP contribution in [0, 0.1) is 12.8 Å². The van der Waals surface area contributed by atoms with Crippen LogP contribution in [0.25, 0.3) is 16.7 Å². The molecule has 0 fully saturated rings. The third kappa shape index (κ3) is 5.57. The molecule has 1 aliphatic heterocycles. The van der Waals surface area contributed by atoms with Gasteiger partial charge in [-0.1, -0.05) is 94.6 Å². The molecule has 1 aliphatic carbocycles. The Balaban J connectivity index is 1.56. The molecule has 0 radical (unpaired) electrons. The van der Waals surface area contributed by atoms with E-state index in [9.17, 15) is 0 Å². The first-order chi connectivity index (χ1) is 18.0. The second-order valence-electron chi connectivity index (χ2n) is 11.9. The molecule has 3 aromatic carbocycles. The van der Waals surface area contributed by atoms with Gasteiger partial charge in [0.1, 0.15) is 0 Å². The molecule has 2 aliphatic rings. The first-order valence-corrected chi connectivity index (χ1v) is 14.8. The van der Waals surface area contributed by atoms with Crippen molar-refractivity contribution >= 4 is 11.3 Å². The van der Waals surface area contributed by atoms with E-state index in [1.807, 2.05) is 0 Å². The Labute approximate surface area is 225 Å². The molecule has 37 heavy (non-hydrogen) atoms. The van der Waals surface area contributed by atoms with Crippen molar-refractivity contribution in [3.8, 4) is 11.1 Å². The second-order valence-corrected chi connectivity index (χ2v) is 11.9. The smallest absolute Gasteiger partial charge is 0.0707 e. The Bertz CT molecular complexity index is 1260. The molecule has 2 atom stereocenters. The van der Waals surface area contributed by atoms with Crippen LogP contribution in [0.3, 0.4) is 0 Å². The molecule has 1 heteroatoms. The molecule has 1 heterocycles. The van der Waals surface area contributed by atoms with Crippen molar-refractivity contribution < 1.29 is 0 Å². The number of allylic oxidation sites excluding steroid dienone is 1. The summed E-state index contributed by atoms with van der Waals surface area (Å²) in [6, 6.07) is 21.3. The topological polar surface area (TPSA) is 12.0 Å². The Kier molecular flexibility index (Phi) is 7.89. The average Bonchev–Trinajstić information content (AvgIpc) is 3.31. The van der Waals surface area contributed by atoms with Gasteiger partial charge in [0.25, 0.3) is 0 Å². The Hall–Kier alpha value is -2.80. The zero-order valence-corrected chi connectivity index (χ0v) is 23.7. The van der Waals surface area contributed by atoms with Crippen LogP contribution in [-0.4, -0.2) is 0 Å². The quantitative estimate of drug-likeness (QED) is 0.293. The summed E-state index contributed by atoms with van der Waals surface area (Å²) in [6.45, 7) is 11.5. The van der Waals surface area contributed by atoms with Crippen molar-refractivity contribution in [2.24, 2.45) is 5.92 Å². The van der Waals surface area contributed by atoms with Crippen molar-refractivity contribution in [3.63, 3.8) is 0 Å². The molecular weight excluding hydrogens is 446 g/mol. The monoisotopic (exact) mass is 491 g/mol. The van der Waals surface area contributed by atoms with Crippen LogP contribution in [-0.2, 0) is 12.8 Å². The number of nitrogens with one attached hydrogen (secondary N) is 1. The van der Waals surface area contributed by atoms with Gasteiger partial charge in [0.15, 0.2) is 0 Å². The molecule has 3 aromatic rings. The number of anilines is 1. The van der Waals surface area contributed by atoms with E-state index in [1.165, 1.54) is 78.5 Å². The van der Waals surface area contributed by atoms with Gasteiger partial charge in [-0.15, -0.1) is 0 Å². The number of aryl methyl sites for hydroxylation is 3. The molecule has 2 unspecified atom stereocenters. The summed E-state index contributed by atoms with van der Waals surface area (Å²) in [5.41, 5.74) is 14.4. The summed E-state index contributed by atoms with van der Waals surface area (Å²) in [5, 5.41) is 4.00. The number of benzene rings is 3. The molecule has 5 rings (SSSR count). The van der Waals surface area contributed by atoms with E-state index in [4.69, 9.17) is 0 Å². The van der Waals surface area contributed by atoms with Crippen LogP contribution in [0.15, 0.2) is 60.7 Å². The highest BCUT2D eigenvalue weighted by molar-refractivity contribution is 5.84. The molecule has 1 nitrogen and oxygen atoms in total. The van der Waals surface area contributed by atoms with Gasteiger partial charge in [-0.25, -0.2) is 0 Å². The normalized spacial score (nSPS) is 18.4. The lowest BCUT2D eigenvalue weighted by molar-refractivity contribution is 0.648. The third-order valence-corrected chi connectivity index (χ3v) is 8.48. The van der Waals surface area contributed by atoms with Gasteiger partial charge < -0.3 is 5.32 Å². The minimum atomic E-state index is 0.249. The van der Waals surface area contributed by atoms with E-state index in [0.717, 1.165) is 6.42 Å². The van der Waals surface area contributed by atoms with Crippen LogP contribution in [0.4, 0.5) is 5.69 Å². The minimum absolute atomic E-state index is 0.249.